The summed E-state index contributed by atoms with van der Waals surface area (Å²) in [5, 5.41) is 5.86. The summed E-state index contributed by atoms with van der Waals surface area (Å²) >= 11 is 0. The molecule has 0 bridgehead atoms. The SMILES string of the molecule is COc1nn(C(=O)OC(C)(C)C)c2ncc(/C=C/C(=O)N(C)Cc3cc4ccccc4n3C)cc12. The highest BCUT2D eigenvalue weighted by Gasteiger charge is 2.23. The number of ether oxygens (including phenoxy) is 2. The Kier molecular flexibility index (Phi) is 6.34. The number of carbonyl (C=O) groups is 2. The van der Waals surface area contributed by atoms with Crippen molar-refractivity contribution in [1.29, 1.82) is 0 Å². The standard InChI is InChI=1S/C26H29N5O4/c1-26(2,3)35-25(33)31-23-20(24(28-31)34-6)13-17(15-27-23)11-12-22(32)29(4)16-19-14-18-9-7-8-10-21(18)30(19)5/h7-15H,16H2,1-6H3/b12-11+. The molecule has 0 N–H and O–H groups in total. The molecule has 182 valence electrons. The predicted octanol–water partition coefficient (Wildman–Crippen LogP) is 4.39. The molecule has 0 atom stereocenters. The highest BCUT2D eigenvalue weighted by Crippen LogP contribution is 2.25. The number of aryl methyl sites for hydroxylation is 1. The first-order chi connectivity index (χ1) is 16.6. The van der Waals surface area contributed by atoms with Crippen molar-refractivity contribution in [2.45, 2.75) is 32.9 Å². The third kappa shape index (κ3) is 5.03. The van der Waals surface area contributed by atoms with Crippen molar-refractivity contribution in [2.24, 2.45) is 7.05 Å². The largest absolute Gasteiger partial charge is 0.479 e. The highest BCUT2D eigenvalue weighted by molar-refractivity contribution is 5.94. The summed E-state index contributed by atoms with van der Waals surface area (Å²) in [6.45, 7) is 5.80. The molecule has 0 spiro atoms. The van der Waals surface area contributed by atoms with E-state index in [-0.39, 0.29) is 11.8 Å². The number of para-hydroxylation sites is 1. The van der Waals surface area contributed by atoms with Gasteiger partial charge in [-0.1, -0.05) is 18.2 Å². The van der Waals surface area contributed by atoms with Gasteiger partial charge in [0.25, 0.3) is 0 Å². The molecule has 9 nitrogen and oxygen atoms in total. The van der Waals surface area contributed by atoms with Crippen LogP contribution in [-0.4, -0.2) is 56.0 Å². The van der Waals surface area contributed by atoms with Crippen LogP contribution in [0.5, 0.6) is 5.88 Å². The van der Waals surface area contributed by atoms with E-state index in [1.165, 1.54) is 13.2 Å². The van der Waals surface area contributed by atoms with Gasteiger partial charge in [-0.2, -0.15) is 0 Å². The molecular formula is C26H29N5O4. The van der Waals surface area contributed by atoms with Gasteiger partial charge in [-0.15, -0.1) is 9.78 Å². The Morgan fingerprint density at radius 1 is 1.17 bits per heavy atom. The lowest BCUT2D eigenvalue weighted by atomic mass is 10.2. The Hall–Kier alpha value is -4.14. The Bertz CT molecular complexity index is 1440. The molecule has 1 aromatic carbocycles. The van der Waals surface area contributed by atoms with Crippen LogP contribution < -0.4 is 4.74 Å². The molecule has 0 fully saturated rings. The summed E-state index contributed by atoms with van der Waals surface area (Å²) in [6, 6.07) is 12.0. The fourth-order valence-corrected chi connectivity index (χ4v) is 3.78. The zero-order chi connectivity index (χ0) is 25.3. The number of aromatic nitrogens is 4. The molecule has 0 aliphatic heterocycles. The normalized spacial score (nSPS) is 11.9. The Balaban J connectivity index is 1.52. The fourth-order valence-electron chi connectivity index (χ4n) is 3.78. The number of amides is 1. The molecule has 3 aromatic heterocycles. The third-order valence-electron chi connectivity index (χ3n) is 5.51. The number of nitrogens with zero attached hydrogens (tertiary/aromatic N) is 5. The monoisotopic (exact) mass is 475 g/mol. The molecule has 3 heterocycles. The molecule has 9 heteroatoms. The molecule has 0 saturated carbocycles. The second-order valence-corrected chi connectivity index (χ2v) is 9.32. The lowest BCUT2D eigenvalue weighted by Crippen LogP contribution is -2.27. The van der Waals surface area contributed by atoms with Crippen molar-refractivity contribution in [2.75, 3.05) is 14.2 Å². The molecule has 4 aromatic rings. The topological polar surface area (TPSA) is 91.5 Å². The predicted molar refractivity (Wildman–Crippen MR) is 134 cm³/mol. The van der Waals surface area contributed by atoms with Crippen molar-refractivity contribution in [3.8, 4) is 5.88 Å². The van der Waals surface area contributed by atoms with Crippen molar-refractivity contribution in [1.82, 2.24) is 24.2 Å². The number of hydrogen-bond donors (Lipinski definition) is 0. The first-order valence-electron chi connectivity index (χ1n) is 11.2. The van der Waals surface area contributed by atoms with Gasteiger partial charge in [-0.05, 0) is 56.0 Å². The number of rotatable bonds is 5. The van der Waals surface area contributed by atoms with Crippen LogP contribution in [0.15, 0.2) is 48.7 Å². The summed E-state index contributed by atoms with van der Waals surface area (Å²) in [5.74, 6) is 0.0968. The van der Waals surface area contributed by atoms with E-state index in [9.17, 15) is 9.59 Å². The number of carbonyl (C=O) groups excluding carboxylic acids is 2. The fraction of sp³-hybridized carbons (Fsp3) is 0.308. The van der Waals surface area contributed by atoms with Gasteiger partial charge in [-0.3, -0.25) is 4.79 Å². The summed E-state index contributed by atoms with van der Waals surface area (Å²) in [7, 11) is 5.23. The number of fused-ring (bicyclic) bond motifs is 2. The third-order valence-corrected chi connectivity index (χ3v) is 5.51. The van der Waals surface area contributed by atoms with E-state index in [2.05, 4.69) is 32.8 Å². The van der Waals surface area contributed by atoms with Crippen LogP contribution in [0.2, 0.25) is 0 Å². The van der Waals surface area contributed by atoms with Gasteiger partial charge in [0, 0.05) is 37.6 Å². The van der Waals surface area contributed by atoms with Gasteiger partial charge < -0.3 is 18.9 Å². The molecule has 4 rings (SSSR count). The Morgan fingerprint density at radius 3 is 2.60 bits per heavy atom. The highest BCUT2D eigenvalue weighted by atomic mass is 16.6. The van der Waals surface area contributed by atoms with E-state index < -0.39 is 11.7 Å². The van der Waals surface area contributed by atoms with Gasteiger partial charge in [0.2, 0.25) is 11.8 Å². The van der Waals surface area contributed by atoms with Crippen LogP contribution in [0.1, 0.15) is 32.0 Å². The number of methoxy groups -OCH3 is 1. The Morgan fingerprint density at radius 2 is 1.91 bits per heavy atom. The van der Waals surface area contributed by atoms with Crippen molar-refractivity contribution in [3.63, 3.8) is 0 Å². The lowest BCUT2D eigenvalue weighted by Gasteiger charge is -2.18. The van der Waals surface area contributed by atoms with E-state index in [0.717, 1.165) is 21.3 Å². The second kappa shape index (κ2) is 9.25. The van der Waals surface area contributed by atoms with Crippen molar-refractivity contribution >= 4 is 40.0 Å². The van der Waals surface area contributed by atoms with Gasteiger partial charge >= 0.3 is 6.09 Å². The number of hydrogen-bond acceptors (Lipinski definition) is 6. The summed E-state index contributed by atoms with van der Waals surface area (Å²) < 4.78 is 13.9. The minimum atomic E-state index is -0.677. The molecule has 0 saturated heterocycles. The maximum absolute atomic E-state index is 12.8. The number of likely N-dealkylation sites (N-methyl/N-ethyl adjacent to an activating group) is 1. The average Bonchev–Trinajstić information content (AvgIpc) is 3.33. The minimum absolute atomic E-state index is 0.147. The summed E-state index contributed by atoms with van der Waals surface area (Å²) in [4.78, 5) is 31.3. The summed E-state index contributed by atoms with van der Waals surface area (Å²) in [5.41, 5.74) is 2.47. The van der Waals surface area contributed by atoms with Crippen LogP contribution in [-0.2, 0) is 23.1 Å². The maximum Gasteiger partial charge on any atom is 0.437 e. The van der Waals surface area contributed by atoms with Crippen molar-refractivity contribution in [3.05, 3.63) is 59.9 Å². The van der Waals surface area contributed by atoms with Gasteiger partial charge in [-0.25, -0.2) is 9.78 Å². The lowest BCUT2D eigenvalue weighted by molar-refractivity contribution is -0.125. The molecule has 0 unspecified atom stereocenters. The zero-order valence-electron chi connectivity index (χ0n) is 20.8. The van der Waals surface area contributed by atoms with Crippen LogP contribution in [0.4, 0.5) is 4.79 Å². The second-order valence-electron chi connectivity index (χ2n) is 9.32. The number of benzene rings is 1. The molecule has 0 aliphatic carbocycles. The van der Waals surface area contributed by atoms with Crippen LogP contribution in [0, 0.1) is 0 Å². The quantitative estimate of drug-likeness (QED) is 0.398. The molecule has 35 heavy (non-hydrogen) atoms. The molecule has 1 amide bonds. The summed E-state index contributed by atoms with van der Waals surface area (Å²) in [6.07, 6.45) is 4.09. The first-order valence-corrected chi connectivity index (χ1v) is 11.2. The zero-order valence-corrected chi connectivity index (χ0v) is 20.8. The van der Waals surface area contributed by atoms with E-state index in [0.29, 0.717) is 23.1 Å². The number of pyridine rings is 1. The van der Waals surface area contributed by atoms with Gasteiger partial charge in [0.15, 0.2) is 5.65 Å². The van der Waals surface area contributed by atoms with Gasteiger partial charge in [0.1, 0.15) is 5.60 Å². The molecule has 0 radical (unpaired) electrons. The van der Waals surface area contributed by atoms with Crippen LogP contribution in [0.3, 0.4) is 0 Å². The van der Waals surface area contributed by atoms with Crippen molar-refractivity contribution < 1.29 is 19.1 Å². The van der Waals surface area contributed by atoms with E-state index in [1.54, 1.807) is 51.1 Å². The van der Waals surface area contributed by atoms with Gasteiger partial charge in [0.05, 0.1) is 19.0 Å². The minimum Gasteiger partial charge on any atom is -0.479 e. The Labute approximate surface area is 203 Å². The van der Waals surface area contributed by atoms with E-state index in [4.69, 9.17) is 9.47 Å². The smallest absolute Gasteiger partial charge is 0.437 e. The van der Waals surface area contributed by atoms with Crippen LogP contribution in [0.25, 0.3) is 28.0 Å². The maximum atomic E-state index is 12.8. The molecular weight excluding hydrogens is 446 g/mol. The molecule has 0 aliphatic rings. The van der Waals surface area contributed by atoms with Crippen LogP contribution >= 0.6 is 0 Å². The average molecular weight is 476 g/mol. The first kappa shape index (κ1) is 24.0. The van der Waals surface area contributed by atoms with E-state index in [1.807, 2.05) is 19.2 Å². The van der Waals surface area contributed by atoms with E-state index >= 15 is 0 Å².